The van der Waals surface area contributed by atoms with Gasteiger partial charge in [-0.3, -0.25) is 4.79 Å². The summed E-state index contributed by atoms with van der Waals surface area (Å²) in [6, 6.07) is 1.85. The molecule has 1 aliphatic heterocycles. The number of carbonyl (C=O) groups excluding carboxylic acids is 2. The Morgan fingerprint density at radius 1 is 1.17 bits per heavy atom. The van der Waals surface area contributed by atoms with E-state index in [1.165, 1.54) is 14.2 Å². The molecule has 3 rings (SSSR count). The van der Waals surface area contributed by atoms with Gasteiger partial charge in [-0.1, -0.05) is 11.6 Å². The summed E-state index contributed by atoms with van der Waals surface area (Å²) in [5.74, 6) is 0.204. The van der Waals surface area contributed by atoms with E-state index in [4.69, 9.17) is 30.5 Å². The lowest BCUT2D eigenvalue weighted by molar-refractivity contribution is -0.140. The molecule has 1 aliphatic rings. The van der Waals surface area contributed by atoms with E-state index >= 15 is 0 Å². The molecule has 7 nitrogen and oxygen atoms in total. The Labute approximate surface area is 180 Å². The first kappa shape index (κ1) is 22.0. The number of fused-ring (bicyclic) bond motifs is 3. The summed E-state index contributed by atoms with van der Waals surface area (Å²) >= 11 is 6.68. The molecule has 0 fully saturated rings. The summed E-state index contributed by atoms with van der Waals surface area (Å²) in [7, 11) is 5.80. The smallest absolute Gasteiger partial charge is 0.340 e. The van der Waals surface area contributed by atoms with Crippen LogP contribution in [0.15, 0.2) is 6.07 Å². The van der Waals surface area contributed by atoms with Crippen LogP contribution in [0.5, 0.6) is 11.5 Å². The van der Waals surface area contributed by atoms with E-state index in [0.29, 0.717) is 34.9 Å². The van der Waals surface area contributed by atoms with Crippen molar-refractivity contribution < 1.29 is 28.5 Å². The van der Waals surface area contributed by atoms with Crippen molar-refractivity contribution in [1.82, 2.24) is 4.57 Å². The molecule has 2 heterocycles. The molecule has 0 aliphatic carbocycles. The monoisotopic (exact) mass is 435 g/mol. The molecule has 8 heteroatoms. The number of hydrogen-bond acceptors (Lipinski definition) is 6. The van der Waals surface area contributed by atoms with Crippen LogP contribution in [0.25, 0.3) is 11.3 Å². The minimum atomic E-state index is -0.438. The number of methoxy groups -OCH3 is 4. The van der Waals surface area contributed by atoms with Crippen LogP contribution in [0.1, 0.15) is 46.6 Å². The Morgan fingerprint density at radius 2 is 1.87 bits per heavy atom. The zero-order valence-electron chi connectivity index (χ0n) is 18.1. The summed E-state index contributed by atoms with van der Waals surface area (Å²) < 4.78 is 22.9. The van der Waals surface area contributed by atoms with Crippen molar-refractivity contribution in [3.63, 3.8) is 0 Å². The summed E-state index contributed by atoms with van der Waals surface area (Å²) in [4.78, 5) is 24.5. The van der Waals surface area contributed by atoms with Crippen molar-refractivity contribution in [3.8, 4) is 22.8 Å². The van der Waals surface area contributed by atoms with Gasteiger partial charge in [-0.05, 0) is 43.9 Å². The molecule has 30 heavy (non-hydrogen) atoms. The second kappa shape index (κ2) is 8.60. The SMILES string of the molecule is COC(=O)CCc1c(C)c(C(=O)OC)c2n1C(C)Cc1c-2cc(OC)c(OC)c1Cl. The van der Waals surface area contributed by atoms with E-state index in [2.05, 4.69) is 11.5 Å². The fourth-order valence-electron chi connectivity index (χ4n) is 4.28. The van der Waals surface area contributed by atoms with Crippen molar-refractivity contribution >= 4 is 23.5 Å². The van der Waals surface area contributed by atoms with Gasteiger partial charge in [0.2, 0.25) is 0 Å². The van der Waals surface area contributed by atoms with Gasteiger partial charge >= 0.3 is 11.9 Å². The average molecular weight is 436 g/mol. The molecule has 0 amide bonds. The molecule has 0 saturated carbocycles. The largest absolute Gasteiger partial charge is 0.493 e. The van der Waals surface area contributed by atoms with E-state index in [-0.39, 0.29) is 18.4 Å². The Kier molecular flexibility index (Phi) is 6.31. The molecular weight excluding hydrogens is 410 g/mol. The van der Waals surface area contributed by atoms with Gasteiger partial charge < -0.3 is 23.5 Å². The fraction of sp³-hybridized carbons (Fsp3) is 0.455. The van der Waals surface area contributed by atoms with Gasteiger partial charge in [0.15, 0.2) is 11.5 Å². The Morgan fingerprint density at radius 3 is 2.43 bits per heavy atom. The van der Waals surface area contributed by atoms with Crippen LogP contribution in [-0.4, -0.2) is 44.9 Å². The first-order valence-electron chi connectivity index (χ1n) is 9.63. The number of esters is 2. The maximum absolute atomic E-state index is 12.8. The number of halogens is 1. The topological polar surface area (TPSA) is 76.0 Å². The fourth-order valence-corrected chi connectivity index (χ4v) is 4.63. The van der Waals surface area contributed by atoms with E-state index in [1.807, 2.05) is 13.0 Å². The van der Waals surface area contributed by atoms with Crippen molar-refractivity contribution in [1.29, 1.82) is 0 Å². The molecule has 1 atom stereocenters. The highest BCUT2D eigenvalue weighted by Gasteiger charge is 2.35. The third-order valence-electron chi connectivity index (χ3n) is 5.67. The zero-order valence-corrected chi connectivity index (χ0v) is 18.8. The molecule has 0 saturated heterocycles. The maximum atomic E-state index is 12.8. The number of benzene rings is 1. The molecule has 0 radical (unpaired) electrons. The van der Waals surface area contributed by atoms with Crippen molar-refractivity contribution in [3.05, 3.63) is 33.5 Å². The quantitative estimate of drug-likeness (QED) is 0.634. The molecule has 0 bridgehead atoms. The van der Waals surface area contributed by atoms with Crippen LogP contribution in [0.2, 0.25) is 5.02 Å². The molecule has 1 aromatic carbocycles. The van der Waals surface area contributed by atoms with Crippen molar-refractivity contribution in [2.45, 2.75) is 39.2 Å². The van der Waals surface area contributed by atoms with Crippen LogP contribution in [0.4, 0.5) is 0 Å². The van der Waals surface area contributed by atoms with Gasteiger partial charge in [0, 0.05) is 17.3 Å². The number of ether oxygens (including phenoxy) is 4. The third kappa shape index (κ3) is 3.41. The van der Waals surface area contributed by atoms with Gasteiger partial charge in [-0.15, -0.1) is 0 Å². The van der Waals surface area contributed by atoms with Crippen LogP contribution >= 0.6 is 11.6 Å². The highest BCUT2D eigenvalue weighted by atomic mass is 35.5. The number of nitrogens with zero attached hydrogens (tertiary/aromatic N) is 1. The summed E-state index contributed by atoms with van der Waals surface area (Å²) in [5.41, 5.74) is 4.55. The number of carbonyl (C=O) groups is 2. The van der Waals surface area contributed by atoms with Gasteiger partial charge in [0.25, 0.3) is 0 Å². The highest BCUT2D eigenvalue weighted by Crippen LogP contribution is 2.49. The summed E-state index contributed by atoms with van der Waals surface area (Å²) in [5, 5.41) is 0.468. The van der Waals surface area contributed by atoms with Gasteiger partial charge in [-0.25, -0.2) is 4.79 Å². The molecule has 2 aromatic rings. The second-order valence-corrected chi connectivity index (χ2v) is 7.62. The Hall–Kier alpha value is -2.67. The molecular formula is C22H26ClNO6. The van der Waals surface area contributed by atoms with E-state index in [1.54, 1.807) is 14.2 Å². The summed E-state index contributed by atoms with van der Waals surface area (Å²) in [6.07, 6.45) is 1.30. The Bertz CT molecular complexity index is 1010. The summed E-state index contributed by atoms with van der Waals surface area (Å²) in [6.45, 7) is 3.93. The van der Waals surface area contributed by atoms with Gasteiger partial charge in [-0.2, -0.15) is 0 Å². The van der Waals surface area contributed by atoms with Crippen LogP contribution < -0.4 is 9.47 Å². The maximum Gasteiger partial charge on any atom is 0.340 e. The van der Waals surface area contributed by atoms with Crippen molar-refractivity contribution in [2.24, 2.45) is 0 Å². The lowest BCUT2D eigenvalue weighted by Crippen LogP contribution is -2.20. The average Bonchev–Trinajstić information content (AvgIpc) is 3.04. The van der Waals surface area contributed by atoms with E-state index in [9.17, 15) is 9.59 Å². The lowest BCUT2D eigenvalue weighted by atomic mass is 9.91. The van der Waals surface area contributed by atoms with E-state index in [0.717, 1.165) is 28.1 Å². The molecule has 1 aromatic heterocycles. The lowest BCUT2D eigenvalue weighted by Gasteiger charge is -2.30. The standard InChI is InChI=1S/C22H26ClNO6/c1-11-9-13-14(10-16(27-3)21(29-5)19(13)23)20-18(22(26)30-6)12(2)15(24(11)20)7-8-17(25)28-4/h10-11H,7-9H2,1-6H3. The second-order valence-electron chi connectivity index (χ2n) is 7.24. The minimum absolute atomic E-state index is 0.00727. The van der Waals surface area contributed by atoms with Gasteiger partial charge in [0.1, 0.15) is 0 Å². The predicted molar refractivity (Wildman–Crippen MR) is 113 cm³/mol. The van der Waals surface area contributed by atoms with Crippen LogP contribution in [0, 0.1) is 6.92 Å². The molecule has 162 valence electrons. The molecule has 0 N–H and O–H groups in total. The van der Waals surface area contributed by atoms with Crippen LogP contribution in [-0.2, 0) is 27.1 Å². The molecule has 0 spiro atoms. The first-order valence-corrected chi connectivity index (χ1v) is 10.0. The third-order valence-corrected chi connectivity index (χ3v) is 6.07. The number of hydrogen-bond donors (Lipinski definition) is 0. The highest BCUT2D eigenvalue weighted by molar-refractivity contribution is 6.33. The van der Waals surface area contributed by atoms with Gasteiger partial charge in [0.05, 0.1) is 51.1 Å². The molecule has 1 unspecified atom stereocenters. The number of aromatic nitrogens is 1. The first-order chi connectivity index (χ1) is 14.3. The van der Waals surface area contributed by atoms with Crippen LogP contribution in [0.3, 0.4) is 0 Å². The van der Waals surface area contributed by atoms with E-state index < -0.39 is 5.97 Å². The minimum Gasteiger partial charge on any atom is -0.493 e. The number of rotatable bonds is 6. The predicted octanol–water partition coefficient (Wildman–Crippen LogP) is 4.14. The zero-order chi connectivity index (χ0) is 22.2. The normalized spacial score (nSPS) is 14.6. The van der Waals surface area contributed by atoms with Crippen molar-refractivity contribution in [2.75, 3.05) is 28.4 Å². The Balaban J connectivity index is 2.33.